The topological polar surface area (TPSA) is 73.0 Å². The van der Waals surface area contributed by atoms with Crippen LogP contribution in [0.3, 0.4) is 0 Å². The molecule has 2 aromatic heterocycles. The van der Waals surface area contributed by atoms with Crippen LogP contribution in [0.2, 0.25) is 5.02 Å². The summed E-state index contributed by atoms with van der Waals surface area (Å²) in [6, 6.07) is 15.3. The Labute approximate surface area is 177 Å². The number of carbonyl (C=O) groups excluding carboxylic acids is 1. The van der Waals surface area contributed by atoms with Crippen molar-refractivity contribution >= 4 is 40.2 Å². The fourth-order valence-corrected chi connectivity index (χ4v) is 4.01. The quantitative estimate of drug-likeness (QED) is 0.450. The highest BCUT2D eigenvalue weighted by Gasteiger charge is 2.21. The van der Waals surface area contributed by atoms with E-state index in [9.17, 15) is 4.79 Å². The van der Waals surface area contributed by atoms with Gasteiger partial charge in [-0.3, -0.25) is 4.79 Å². The van der Waals surface area contributed by atoms with E-state index in [4.69, 9.17) is 16.0 Å². The number of thioether (sulfide) groups is 1. The van der Waals surface area contributed by atoms with Crippen LogP contribution in [0.25, 0.3) is 11.0 Å². The van der Waals surface area contributed by atoms with Gasteiger partial charge in [0, 0.05) is 33.7 Å². The van der Waals surface area contributed by atoms with Crippen LogP contribution >= 0.6 is 23.4 Å². The van der Waals surface area contributed by atoms with Crippen LogP contribution in [0.4, 0.5) is 0 Å². The molecule has 0 fully saturated rings. The van der Waals surface area contributed by atoms with Gasteiger partial charge in [-0.2, -0.15) is 0 Å². The van der Waals surface area contributed by atoms with Gasteiger partial charge in [-0.25, -0.2) is 0 Å². The van der Waals surface area contributed by atoms with Gasteiger partial charge in [-0.05, 0) is 37.3 Å². The molecule has 0 aliphatic heterocycles. The van der Waals surface area contributed by atoms with Crippen molar-refractivity contribution in [1.82, 2.24) is 20.1 Å². The number of amides is 1. The van der Waals surface area contributed by atoms with E-state index in [2.05, 4.69) is 15.5 Å². The maximum atomic E-state index is 12.9. The average molecular weight is 427 g/mol. The number of carbonyl (C=O) groups is 1. The number of nitrogens with zero attached hydrogens (tertiary/aromatic N) is 3. The van der Waals surface area contributed by atoms with Crippen molar-refractivity contribution in [3.8, 4) is 0 Å². The van der Waals surface area contributed by atoms with Crippen molar-refractivity contribution in [2.24, 2.45) is 7.05 Å². The molecule has 0 radical (unpaired) electrons. The molecule has 4 aromatic rings. The van der Waals surface area contributed by atoms with Gasteiger partial charge < -0.3 is 14.3 Å². The molecule has 0 saturated heterocycles. The summed E-state index contributed by atoms with van der Waals surface area (Å²) in [6.07, 6.45) is 0. The first kappa shape index (κ1) is 19.5. The third-order valence-electron chi connectivity index (χ3n) is 4.69. The van der Waals surface area contributed by atoms with E-state index in [0.717, 1.165) is 21.7 Å². The van der Waals surface area contributed by atoms with Gasteiger partial charge in [0.25, 0.3) is 5.91 Å². The first-order valence-electron chi connectivity index (χ1n) is 9.05. The molecule has 0 saturated carbocycles. The smallest absolute Gasteiger partial charge is 0.287 e. The van der Waals surface area contributed by atoms with E-state index in [-0.39, 0.29) is 12.5 Å². The predicted octanol–water partition coefficient (Wildman–Crippen LogP) is 4.75. The molecule has 1 N–H and O–H groups in total. The number of halogens is 1. The fraction of sp³-hybridized carbons (Fsp3) is 0.190. The number of nitrogens with one attached hydrogen (secondary N) is 1. The summed E-state index contributed by atoms with van der Waals surface area (Å²) in [5.74, 6) is 2.13. The minimum atomic E-state index is -0.270. The molecule has 8 heteroatoms. The number of para-hydroxylation sites is 1. The minimum absolute atomic E-state index is 0.270. The van der Waals surface area contributed by atoms with Crippen LogP contribution < -0.4 is 5.32 Å². The number of hydrogen-bond acceptors (Lipinski definition) is 5. The Kier molecular flexibility index (Phi) is 5.60. The van der Waals surface area contributed by atoms with Gasteiger partial charge >= 0.3 is 0 Å². The summed E-state index contributed by atoms with van der Waals surface area (Å²) in [5, 5.41) is 12.6. The third-order valence-corrected chi connectivity index (χ3v) is 5.98. The van der Waals surface area contributed by atoms with Crippen molar-refractivity contribution in [1.29, 1.82) is 0 Å². The van der Waals surface area contributed by atoms with Gasteiger partial charge in [-0.15, -0.1) is 22.0 Å². The van der Waals surface area contributed by atoms with Crippen LogP contribution in [-0.2, 0) is 19.3 Å². The summed E-state index contributed by atoms with van der Waals surface area (Å²) < 4.78 is 7.75. The van der Waals surface area contributed by atoms with Crippen molar-refractivity contribution in [2.75, 3.05) is 0 Å². The molecular weight excluding hydrogens is 408 g/mol. The molecule has 0 aliphatic rings. The Balaban J connectivity index is 1.57. The molecule has 0 bridgehead atoms. The van der Waals surface area contributed by atoms with E-state index >= 15 is 0 Å². The zero-order valence-corrected chi connectivity index (χ0v) is 17.5. The number of fused-ring (bicyclic) bond motifs is 1. The molecule has 0 unspecified atom stereocenters. The predicted molar refractivity (Wildman–Crippen MR) is 114 cm³/mol. The number of furan rings is 1. The second kappa shape index (κ2) is 8.31. The van der Waals surface area contributed by atoms with Crippen LogP contribution in [-0.4, -0.2) is 20.7 Å². The highest BCUT2D eigenvalue weighted by atomic mass is 35.5. The van der Waals surface area contributed by atoms with Crippen LogP contribution in [0, 0.1) is 6.92 Å². The Morgan fingerprint density at radius 1 is 1.17 bits per heavy atom. The van der Waals surface area contributed by atoms with E-state index in [1.54, 1.807) is 11.8 Å². The lowest BCUT2D eigenvalue weighted by atomic mass is 10.1. The second-order valence-corrected chi connectivity index (χ2v) is 8.04. The zero-order valence-electron chi connectivity index (χ0n) is 16.0. The zero-order chi connectivity index (χ0) is 20.4. The van der Waals surface area contributed by atoms with Crippen molar-refractivity contribution in [3.63, 3.8) is 0 Å². The number of benzene rings is 2. The molecule has 4 rings (SSSR count). The van der Waals surface area contributed by atoms with E-state index in [0.29, 0.717) is 27.9 Å². The molecule has 0 aliphatic carbocycles. The van der Waals surface area contributed by atoms with Gasteiger partial charge in [0.1, 0.15) is 11.4 Å². The second-order valence-electron chi connectivity index (χ2n) is 6.55. The van der Waals surface area contributed by atoms with Crippen molar-refractivity contribution < 1.29 is 9.21 Å². The minimum Gasteiger partial charge on any atom is -0.451 e. The van der Waals surface area contributed by atoms with E-state index in [1.165, 1.54) is 0 Å². The fourth-order valence-electron chi connectivity index (χ4n) is 2.96. The third kappa shape index (κ3) is 4.16. The maximum absolute atomic E-state index is 12.9. The molecule has 2 aromatic carbocycles. The Bertz CT molecular complexity index is 1170. The van der Waals surface area contributed by atoms with Crippen LogP contribution in [0.5, 0.6) is 0 Å². The molecule has 29 heavy (non-hydrogen) atoms. The normalized spacial score (nSPS) is 11.1. The SMILES string of the molecule is Cc1nnc(CNC(=O)c2oc3ccccc3c2CSc2ccc(Cl)cc2)n1C. The summed E-state index contributed by atoms with van der Waals surface area (Å²) in [6.45, 7) is 2.14. The van der Waals surface area contributed by atoms with E-state index < -0.39 is 0 Å². The molecule has 1 amide bonds. The van der Waals surface area contributed by atoms with Crippen molar-refractivity contribution in [3.05, 3.63) is 76.5 Å². The highest BCUT2D eigenvalue weighted by molar-refractivity contribution is 7.98. The Morgan fingerprint density at radius 2 is 1.93 bits per heavy atom. The number of rotatable bonds is 6. The van der Waals surface area contributed by atoms with E-state index in [1.807, 2.05) is 67.1 Å². The summed E-state index contributed by atoms with van der Waals surface area (Å²) in [5.41, 5.74) is 1.56. The van der Waals surface area contributed by atoms with Crippen LogP contribution in [0.1, 0.15) is 27.8 Å². The maximum Gasteiger partial charge on any atom is 0.287 e. The Morgan fingerprint density at radius 3 is 2.66 bits per heavy atom. The highest BCUT2D eigenvalue weighted by Crippen LogP contribution is 2.32. The standard InChI is InChI=1S/C21H19ClN4O2S/c1-13-24-25-19(26(13)2)11-23-21(27)20-17(16-5-3-4-6-18(16)28-20)12-29-15-9-7-14(22)8-10-15/h3-10H,11-12H2,1-2H3,(H,23,27). The number of aryl methyl sites for hydroxylation is 1. The largest absolute Gasteiger partial charge is 0.451 e. The van der Waals surface area contributed by atoms with Gasteiger partial charge in [-0.1, -0.05) is 29.8 Å². The average Bonchev–Trinajstić information content (AvgIpc) is 3.26. The Hall–Kier alpha value is -2.77. The van der Waals surface area contributed by atoms with Gasteiger partial charge in [0.05, 0.1) is 6.54 Å². The lowest BCUT2D eigenvalue weighted by Gasteiger charge is -2.06. The lowest BCUT2D eigenvalue weighted by Crippen LogP contribution is -2.25. The lowest BCUT2D eigenvalue weighted by molar-refractivity contribution is 0.0923. The van der Waals surface area contributed by atoms with Crippen LogP contribution in [0.15, 0.2) is 57.8 Å². The first-order chi connectivity index (χ1) is 14.0. The molecule has 0 atom stereocenters. The van der Waals surface area contributed by atoms with Crippen molar-refractivity contribution in [2.45, 2.75) is 24.1 Å². The molecule has 0 spiro atoms. The summed E-state index contributed by atoms with van der Waals surface area (Å²) in [4.78, 5) is 14.0. The van der Waals surface area contributed by atoms with Gasteiger partial charge in [0.15, 0.2) is 11.6 Å². The van der Waals surface area contributed by atoms with Gasteiger partial charge in [0.2, 0.25) is 0 Å². The monoisotopic (exact) mass is 426 g/mol. The summed E-state index contributed by atoms with van der Waals surface area (Å²) in [7, 11) is 1.87. The first-order valence-corrected chi connectivity index (χ1v) is 10.4. The molecule has 6 nitrogen and oxygen atoms in total. The molecule has 148 valence electrons. The number of hydrogen-bond donors (Lipinski definition) is 1. The molecule has 2 heterocycles. The number of aromatic nitrogens is 3. The summed E-state index contributed by atoms with van der Waals surface area (Å²) >= 11 is 7.59. The molecular formula is C21H19ClN4O2S.